The molecule has 5 heteroatoms. The fraction of sp³-hybridized carbons (Fsp3) is 0.300. The predicted molar refractivity (Wildman–Crippen MR) is 56.8 cm³/mol. The van der Waals surface area contributed by atoms with Crippen molar-refractivity contribution in [2.75, 3.05) is 18.5 Å². The van der Waals surface area contributed by atoms with E-state index in [0.29, 0.717) is 18.7 Å². The van der Waals surface area contributed by atoms with Crippen molar-refractivity contribution in [1.82, 2.24) is 5.32 Å². The Morgan fingerprint density at radius 2 is 2.20 bits per heavy atom. The molecule has 0 unspecified atom stereocenters. The molecule has 0 aliphatic heterocycles. The number of aliphatic hydroxyl groups excluding tert-OH is 1. The second-order valence-corrected chi connectivity index (χ2v) is 3.01. The normalized spacial score (nSPS) is 9.67. The summed E-state index contributed by atoms with van der Waals surface area (Å²) in [6.07, 6.45) is 0.521. The lowest BCUT2D eigenvalue weighted by Crippen LogP contribution is -2.29. The van der Waals surface area contributed by atoms with Gasteiger partial charge in [-0.1, -0.05) is 6.07 Å². The van der Waals surface area contributed by atoms with Crippen LogP contribution in [0.4, 0.5) is 10.5 Å². The van der Waals surface area contributed by atoms with Gasteiger partial charge in [0.05, 0.1) is 0 Å². The average molecular weight is 210 g/mol. The standard InChI is InChI=1S/C10H14N2O3/c13-6-2-5-11-10(15)12-8-3-1-4-9(14)7-8/h1,3-4,7,13-14H,2,5-6H2,(H2,11,12,15). The lowest BCUT2D eigenvalue weighted by Gasteiger charge is -2.06. The highest BCUT2D eigenvalue weighted by molar-refractivity contribution is 5.89. The zero-order valence-corrected chi connectivity index (χ0v) is 8.23. The van der Waals surface area contributed by atoms with E-state index in [2.05, 4.69) is 10.6 Å². The van der Waals surface area contributed by atoms with Gasteiger partial charge in [-0.15, -0.1) is 0 Å². The van der Waals surface area contributed by atoms with Gasteiger partial charge < -0.3 is 20.8 Å². The molecule has 0 aliphatic rings. The van der Waals surface area contributed by atoms with Crippen molar-refractivity contribution >= 4 is 11.7 Å². The number of benzene rings is 1. The van der Waals surface area contributed by atoms with Gasteiger partial charge in [0.1, 0.15) is 5.75 Å². The van der Waals surface area contributed by atoms with Gasteiger partial charge in [-0.25, -0.2) is 4.79 Å². The summed E-state index contributed by atoms with van der Waals surface area (Å²) in [5.41, 5.74) is 0.525. The molecule has 15 heavy (non-hydrogen) atoms. The predicted octanol–water partition coefficient (Wildman–Crippen LogP) is 0.896. The molecule has 1 aromatic carbocycles. The highest BCUT2D eigenvalue weighted by atomic mass is 16.3. The largest absolute Gasteiger partial charge is 0.508 e. The van der Waals surface area contributed by atoms with Crippen molar-refractivity contribution in [3.05, 3.63) is 24.3 Å². The minimum atomic E-state index is -0.353. The molecule has 1 aromatic rings. The van der Waals surface area contributed by atoms with Gasteiger partial charge in [-0.05, 0) is 18.6 Å². The molecule has 82 valence electrons. The molecule has 0 heterocycles. The number of carbonyl (C=O) groups is 1. The number of phenols is 1. The van der Waals surface area contributed by atoms with Crippen molar-refractivity contribution in [1.29, 1.82) is 0 Å². The number of carbonyl (C=O) groups excluding carboxylic acids is 1. The van der Waals surface area contributed by atoms with E-state index in [0.717, 1.165) is 0 Å². The van der Waals surface area contributed by atoms with Gasteiger partial charge in [-0.3, -0.25) is 0 Å². The third-order valence-electron chi connectivity index (χ3n) is 1.72. The van der Waals surface area contributed by atoms with Crippen LogP contribution in [0.2, 0.25) is 0 Å². The molecular weight excluding hydrogens is 196 g/mol. The molecular formula is C10H14N2O3. The van der Waals surface area contributed by atoms with Crippen LogP contribution in [0.25, 0.3) is 0 Å². The fourth-order valence-electron chi connectivity index (χ4n) is 1.04. The quantitative estimate of drug-likeness (QED) is 0.557. The van der Waals surface area contributed by atoms with Crippen LogP contribution in [0.15, 0.2) is 24.3 Å². The number of urea groups is 1. The Morgan fingerprint density at radius 1 is 1.40 bits per heavy atom. The highest BCUT2D eigenvalue weighted by Crippen LogP contribution is 2.14. The molecule has 0 radical (unpaired) electrons. The first-order chi connectivity index (χ1) is 7.22. The Bertz CT molecular complexity index is 328. The van der Waals surface area contributed by atoms with Crippen LogP contribution in [0.1, 0.15) is 6.42 Å². The van der Waals surface area contributed by atoms with Gasteiger partial charge in [0.15, 0.2) is 0 Å². The maximum atomic E-state index is 11.2. The van der Waals surface area contributed by atoms with E-state index in [9.17, 15) is 4.79 Å². The molecule has 4 N–H and O–H groups in total. The van der Waals surface area contributed by atoms with E-state index in [1.807, 2.05) is 0 Å². The summed E-state index contributed by atoms with van der Waals surface area (Å²) in [5.74, 6) is 0.100. The van der Waals surface area contributed by atoms with E-state index in [-0.39, 0.29) is 18.4 Å². The second kappa shape index (κ2) is 5.87. The molecule has 0 saturated carbocycles. The molecule has 0 fully saturated rings. The van der Waals surface area contributed by atoms with Crippen LogP contribution in [0.3, 0.4) is 0 Å². The Labute approximate surface area is 87.7 Å². The molecule has 5 nitrogen and oxygen atoms in total. The molecule has 0 spiro atoms. The van der Waals surface area contributed by atoms with E-state index in [4.69, 9.17) is 10.2 Å². The van der Waals surface area contributed by atoms with Gasteiger partial charge in [0, 0.05) is 24.9 Å². The molecule has 2 amide bonds. The zero-order chi connectivity index (χ0) is 11.1. The topological polar surface area (TPSA) is 81.6 Å². The monoisotopic (exact) mass is 210 g/mol. The summed E-state index contributed by atoms with van der Waals surface area (Å²) >= 11 is 0. The van der Waals surface area contributed by atoms with Crippen LogP contribution in [-0.2, 0) is 0 Å². The van der Waals surface area contributed by atoms with Crippen molar-refractivity contribution in [2.45, 2.75) is 6.42 Å². The molecule has 0 atom stereocenters. The van der Waals surface area contributed by atoms with E-state index in [1.165, 1.54) is 12.1 Å². The summed E-state index contributed by atoms with van der Waals surface area (Å²) in [5, 5.41) is 22.7. The lowest BCUT2D eigenvalue weighted by atomic mass is 10.3. The smallest absolute Gasteiger partial charge is 0.319 e. The van der Waals surface area contributed by atoms with Crippen LogP contribution in [0.5, 0.6) is 5.75 Å². The summed E-state index contributed by atoms with van der Waals surface area (Å²) in [7, 11) is 0. The van der Waals surface area contributed by atoms with Crippen molar-refractivity contribution in [2.24, 2.45) is 0 Å². The Morgan fingerprint density at radius 3 is 2.87 bits per heavy atom. The maximum Gasteiger partial charge on any atom is 0.319 e. The van der Waals surface area contributed by atoms with E-state index >= 15 is 0 Å². The van der Waals surface area contributed by atoms with Gasteiger partial charge in [0.2, 0.25) is 0 Å². The Balaban J connectivity index is 2.37. The number of hydrogen-bond donors (Lipinski definition) is 4. The number of anilines is 1. The third kappa shape index (κ3) is 4.33. The number of aromatic hydroxyl groups is 1. The molecule has 0 saturated heterocycles. The van der Waals surface area contributed by atoms with Gasteiger partial charge in [0.25, 0.3) is 0 Å². The first-order valence-electron chi connectivity index (χ1n) is 4.67. The number of hydrogen-bond acceptors (Lipinski definition) is 3. The summed E-state index contributed by atoms with van der Waals surface area (Å²) in [6.45, 7) is 0.466. The van der Waals surface area contributed by atoms with Gasteiger partial charge >= 0.3 is 6.03 Å². The Hall–Kier alpha value is -1.75. The second-order valence-electron chi connectivity index (χ2n) is 3.01. The van der Waals surface area contributed by atoms with Crippen LogP contribution < -0.4 is 10.6 Å². The van der Waals surface area contributed by atoms with Crippen molar-refractivity contribution in [3.63, 3.8) is 0 Å². The van der Waals surface area contributed by atoms with Crippen LogP contribution in [0, 0.1) is 0 Å². The maximum absolute atomic E-state index is 11.2. The minimum absolute atomic E-state index is 0.0480. The van der Waals surface area contributed by atoms with Crippen molar-refractivity contribution in [3.8, 4) is 5.75 Å². The first-order valence-corrected chi connectivity index (χ1v) is 4.67. The summed E-state index contributed by atoms with van der Waals surface area (Å²) in [6, 6.07) is 5.93. The molecule has 1 rings (SSSR count). The molecule has 0 aliphatic carbocycles. The number of phenolic OH excluding ortho intramolecular Hbond substituents is 1. The number of amides is 2. The number of rotatable bonds is 4. The van der Waals surface area contributed by atoms with E-state index < -0.39 is 0 Å². The van der Waals surface area contributed by atoms with E-state index in [1.54, 1.807) is 12.1 Å². The summed E-state index contributed by atoms with van der Waals surface area (Å²) in [4.78, 5) is 11.2. The number of nitrogens with one attached hydrogen (secondary N) is 2. The Kier molecular flexibility index (Phi) is 4.43. The zero-order valence-electron chi connectivity index (χ0n) is 8.23. The average Bonchev–Trinajstić information content (AvgIpc) is 2.18. The lowest BCUT2D eigenvalue weighted by molar-refractivity contribution is 0.249. The van der Waals surface area contributed by atoms with Crippen LogP contribution >= 0.6 is 0 Å². The minimum Gasteiger partial charge on any atom is -0.508 e. The SMILES string of the molecule is O=C(NCCCO)Nc1cccc(O)c1. The molecule has 0 aromatic heterocycles. The number of aliphatic hydroxyl groups is 1. The highest BCUT2D eigenvalue weighted by Gasteiger charge is 2.00. The first kappa shape index (κ1) is 11.3. The summed E-state index contributed by atoms with van der Waals surface area (Å²) < 4.78 is 0. The molecule has 0 bridgehead atoms. The third-order valence-corrected chi connectivity index (χ3v) is 1.72. The fourth-order valence-corrected chi connectivity index (χ4v) is 1.04. The van der Waals surface area contributed by atoms with Crippen molar-refractivity contribution < 1.29 is 15.0 Å². The van der Waals surface area contributed by atoms with Crippen LogP contribution in [-0.4, -0.2) is 29.4 Å². The van der Waals surface area contributed by atoms with Gasteiger partial charge in [-0.2, -0.15) is 0 Å².